The van der Waals surface area contributed by atoms with Crippen LogP contribution in [0.15, 0.2) is 12.1 Å². The smallest absolute Gasteiger partial charge is 0.123 e. The number of aryl methyl sites for hydroxylation is 1. The van der Waals surface area contributed by atoms with E-state index < -0.39 is 0 Å². The van der Waals surface area contributed by atoms with Gasteiger partial charge in [0.1, 0.15) is 18.5 Å². The van der Waals surface area contributed by atoms with Gasteiger partial charge in [0.15, 0.2) is 0 Å². The van der Waals surface area contributed by atoms with Crippen LogP contribution >= 0.6 is 0 Å². The molecule has 1 aromatic carbocycles. The Bertz CT molecular complexity index is 885. The van der Waals surface area contributed by atoms with Gasteiger partial charge in [0.2, 0.25) is 0 Å². The lowest BCUT2D eigenvalue weighted by Crippen LogP contribution is -2.53. The molecule has 178 valence electrons. The summed E-state index contributed by atoms with van der Waals surface area (Å²) in [6.07, 6.45) is 19.4. The van der Waals surface area contributed by atoms with Crippen LogP contribution in [0.25, 0.3) is 0 Å². The first kappa shape index (κ1) is 20.2. The fourth-order valence-corrected chi connectivity index (χ4v) is 11.4. The Hall–Kier alpha value is -1.02. The summed E-state index contributed by atoms with van der Waals surface area (Å²) in [5.41, 5.74) is 6.13. The Morgan fingerprint density at radius 2 is 1.18 bits per heavy atom. The molecule has 2 nitrogen and oxygen atoms in total. The zero-order valence-electron chi connectivity index (χ0n) is 20.6. The van der Waals surface area contributed by atoms with Crippen LogP contribution in [0.5, 0.6) is 5.75 Å². The minimum atomic E-state index is 0.336. The van der Waals surface area contributed by atoms with Gasteiger partial charge in [-0.15, -0.1) is 0 Å². The molecule has 1 atom stereocenters. The fraction of sp³-hybridized carbons (Fsp3) is 0.806. The number of ether oxygens (including phenoxy) is 2. The first-order valence-electron chi connectivity index (χ1n) is 14.5. The summed E-state index contributed by atoms with van der Waals surface area (Å²) in [5, 5.41) is 0. The Labute approximate surface area is 200 Å². The topological polar surface area (TPSA) is 21.8 Å². The molecule has 1 unspecified atom stereocenters. The van der Waals surface area contributed by atoms with Crippen molar-refractivity contribution in [1.29, 1.82) is 0 Å². The van der Waals surface area contributed by atoms with Crippen LogP contribution in [0.4, 0.5) is 0 Å². The molecule has 8 saturated carbocycles. The molecule has 33 heavy (non-hydrogen) atoms. The van der Waals surface area contributed by atoms with Crippen molar-refractivity contribution < 1.29 is 9.47 Å². The largest absolute Gasteiger partial charge is 0.490 e. The van der Waals surface area contributed by atoms with Gasteiger partial charge in [0, 0.05) is 11.0 Å². The van der Waals surface area contributed by atoms with Crippen molar-refractivity contribution in [1.82, 2.24) is 0 Å². The van der Waals surface area contributed by atoms with Gasteiger partial charge in [-0.2, -0.15) is 0 Å². The second-order valence-corrected chi connectivity index (χ2v) is 14.0. The van der Waals surface area contributed by atoms with E-state index >= 15 is 0 Å². The molecule has 9 aliphatic rings. The highest BCUT2D eigenvalue weighted by atomic mass is 16.6. The van der Waals surface area contributed by atoms with Crippen molar-refractivity contribution in [3.63, 3.8) is 0 Å². The second-order valence-electron chi connectivity index (χ2n) is 14.0. The molecule has 1 aliphatic heterocycles. The van der Waals surface area contributed by atoms with Crippen LogP contribution in [0.3, 0.4) is 0 Å². The predicted molar refractivity (Wildman–Crippen MR) is 131 cm³/mol. The summed E-state index contributed by atoms with van der Waals surface area (Å²) >= 11 is 0. The summed E-state index contributed by atoms with van der Waals surface area (Å²) in [7, 11) is 0. The van der Waals surface area contributed by atoms with Gasteiger partial charge in [0.05, 0.1) is 6.61 Å². The molecule has 0 spiro atoms. The van der Waals surface area contributed by atoms with E-state index in [1.54, 1.807) is 11.1 Å². The summed E-state index contributed by atoms with van der Waals surface area (Å²) in [6.45, 7) is 4.06. The highest BCUT2D eigenvalue weighted by Gasteiger charge is 2.58. The standard InChI is InChI=1S/C31H42O2/c1-2-25-3-4-27(33-18-26-17-32-26)29(31-14-22-8-23(15-31)10-24(9-22)16-31)28(25)30-11-19-5-20(12-30)7-21(6-19)13-30/h3-4,19-24,26H,2,5-18H2,1H3. The van der Waals surface area contributed by atoms with Crippen molar-refractivity contribution in [3.05, 3.63) is 28.8 Å². The van der Waals surface area contributed by atoms with Gasteiger partial charge in [-0.25, -0.2) is 0 Å². The zero-order chi connectivity index (χ0) is 21.8. The van der Waals surface area contributed by atoms with Crippen LogP contribution in [-0.4, -0.2) is 19.3 Å². The van der Waals surface area contributed by atoms with Gasteiger partial charge in [-0.05, 0) is 142 Å². The van der Waals surface area contributed by atoms with Crippen LogP contribution < -0.4 is 4.74 Å². The van der Waals surface area contributed by atoms with Gasteiger partial charge < -0.3 is 9.47 Å². The third-order valence-corrected chi connectivity index (χ3v) is 11.6. The van der Waals surface area contributed by atoms with E-state index in [0.717, 1.165) is 48.7 Å². The average molecular weight is 447 g/mol. The molecule has 0 aromatic heterocycles. The van der Waals surface area contributed by atoms with E-state index in [0.29, 0.717) is 16.9 Å². The third kappa shape index (κ3) is 3.08. The molecule has 1 aromatic rings. The highest BCUT2D eigenvalue weighted by molar-refractivity contribution is 5.55. The maximum atomic E-state index is 6.73. The van der Waals surface area contributed by atoms with Gasteiger partial charge in [-0.1, -0.05) is 13.0 Å². The molecule has 1 saturated heterocycles. The van der Waals surface area contributed by atoms with Crippen LogP contribution in [0.2, 0.25) is 0 Å². The van der Waals surface area contributed by atoms with Crippen molar-refractivity contribution in [2.45, 2.75) is 107 Å². The van der Waals surface area contributed by atoms with Crippen molar-refractivity contribution >= 4 is 0 Å². The molecule has 2 heteroatoms. The van der Waals surface area contributed by atoms with E-state index in [9.17, 15) is 0 Å². The normalized spacial score (nSPS) is 48.5. The molecule has 0 radical (unpaired) electrons. The van der Waals surface area contributed by atoms with E-state index in [2.05, 4.69) is 19.1 Å². The van der Waals surface area contributed by atoms with E-state index in [-0.39, 0.29) is 0 Å². The van der Waals surface area contributed by atoms with Crippen LogP contribution in [-0.2, 0) is 22.0 Å². The van der Waals surface area contributed by atoms with Gasteiger partial charge >= 0.3 is 0 Å². The summed E-state index contributed by atoms with van der Waals surface area (Å²) in [6, 6.07) is 4.89. The second kappa shape index (κ2) is 7.02. The SMILES string of the molecule is CCc1ccc(OCC2CO2)c(C23CC4CC(CC(C4)C2)C3)c1C12CC3CC(CC(C3)C1)C2. The molecule has 10 rings (SSSR count). The predicted octanol–water partition coefficient (Wildman–Crippen LogP) is 6.96. The monoisotopic (exact) mass is 446 g/mol. The third-order valence-electron chi connectivity index (χ3n) is 11.6. The maximum Gasteiger partial charge on any atom is 0.123 e. The van der Waals surface area contributed by atoms with Gasteiger partial charge in [-0.3, -0.25) is 0 Å². The summed E-state index contributed by atoms with van der Waals surface area (Å²) in [5.74, 6) is 7.19. The Morgan fingerprint density at radius 3 is 1.61 bits per heavy atom. The Kier molecular flexibility index (Phi) is 4.30. The first-order valence-corrected chi connectivity index (χ1v) is 14.5. The van der Waals surface area contributed by atoms with Crippen LogP contribution in [0, 0.1) is 35.5 Å². The van der Waals surface area contributed by atoms with Crippen LogP contribution in [0.1, 0.15) is 101 Å². The van der Waals surface area contributed by atoms with E-state index in [1.807, 2.05) is 5.56 Å². The quantitative estimate of drug-likeness (QED) is 0.441. The zero-order valence-corrected chi connectivity index (χ0v) is 20.6. The van der Waals surface area contributed by atoms with Gasteiger partial charge in [0.25, 0.3) is 0 Å². The molecular weight excluding hydrogens is 404 g/mol. The minimum absolute atomic E-state index is 0.336. The number of epoxide rings is 1. The molecule has 8 bridgehead atoms. The molecule has 9 fully saturated rings. The molecule has 1 heterocycles. The first-order chi connectivity index (χ1) is 16.1. The van der Waals surface area contributed by atoms with Crippen molar-refractivity contribution in [2.24, 2.45) is 35.5 Å². The minimum Gasteiger partial charge on any atom is -0.490 e. The Morgan fingerprint density at radius 1 is 0.727 bits per heavy atom. The van der Waals surface area contributed by atoms with E-state index in [4.69, 9.17) is 9.47 Å². The number of hydrogen-bond donors (Lipinski definition) is 0. The Balaban J connectivity index is 1.32. The molecule has 8 aliphatic carbocycles. The van der Waals surface area contributed by atoms with E-state index in [1.165, 1.54) is 89.2 Å². The summed E-state index contributed by atoms with van der Waals surface area (Å²) in [4.78, 5) is 0. The lowest BCUT2D eigenvalue weighted by atomic mass is 9.43. The van der Waals surface area contributed by atoms with Crippen molar-refractivity contribution in [2.75, 3.05) is 13.2 Å². The number of benzene rings is 1. The maximum absolute atomic E-state index is 6.73. The lowest BCUT2D eigenvalue weighted by molar-refractivity contribution is -0.0187. The highest BCUT2D eigenvalue weighted by Crippen LogP contribution is 2.67. The lowest BCUT2D eigenvalue weighted by Gasteiger charge is -2.61. The van der Waals surface area contributed by atoms with Crippen molar-refractivity contribution in [3.8, 4) is 5.75 Å². The summed E-state index contributed by atoms with van der Waals surface area (Å²) < 4.78 is 12.3. The molecule has 0 N–H and O–H groups in total. The molecule has 0 amide bonds. The fourth-order valence-electron chi connectivity index (χ4n) is 11.4. The average Bonchev–Trinajstić information content (AvgIpc) is 3.60. The number of hydrogen-bond acceptors (Lipinski definition) is 2. The molecular formula is C31H42O2. The number of rotatable bonds is 6.